The molecule has 7 rings (SSSR count). The summed E-state index contributed by atoms with van der Waals surface area (Å²) in [6, 6.07) is 40.9. The monoisotopic (exact) mass is 641 g/mol. The lowest BCUT2D eigenvalue weighted by atomic mass is 9.79. The fraction of sp³-hybridized carbons (Fsp3) is 0.196. The summed E-state index contributed by atoms with van der Waals surface area (Å²) in [5, 5.41) is 2.60. The first kappa shape index (κ1) is 32.2. The van der Waals surface area contributed by atoms with E-state index in [1.54, 1.807) is 7.11 Å². The molecule has 0 amide bonds. The molecular formula is C46H45N2O+. The molecule has 49 heavy (non-hydrogen) atoms. The Morgan fingerprint density at radius 1 is 0.694 bits per heavy atom. The van der Waals surface area contributed by atoms with Crippen molar-refractivity contribution in [2.24, 2.45) is 0 Å². The average Bonchev–Trinajstić information content (AvgIpc) is 3.47. The van der Waals surface area contributed by atoms with Crippen LogP contribution in [0.3, 0.4) is 0 Å². The minimum atomic E-state index is -0.206. The van der Waals surface area contributed by atoms with Crippen LogP contribution < -0.4 is 9.64 Å². The van der Waals surface area contributed by atoms with Gasteiger partial charge >= 0.3 is 0 Å². The molecule has 3 nitrogen and oxygen atoms in total. The van der Waals surface area contributed by atoms with Gasteiger partial charge in [0.05, 0.1) is 12.5 Å². The van der Waals surface area contributed by atoms with Crippen molar-refractivity contribution >= 4 is 40.0 Å². The van der Waals surface area contributed by atoms with Crippen LogP contribution in [0.5, 0.6) is 5.75 Å². The van der Waals surface area contributed by atoms with E-state index in [4.69, 9.17) is 4.74 Å². The van der Waals surface area contributed by atoms with E-state index in [-0.39, 0.29) is 10.8 Å². The van der Waals surface area contributed by atoms with Crippen molar-refractivity contribution in [1.29, 1.82) is 0 Å². The first-order valence-corrected chi connectivity index (χ1v) is 17.2. The van der Waals surface area contributed by atoms with Crippen molar-refractivity contribution in [3.05, 3.63) is 174 Å². The molecule has 5 aromatic carbocycles. The summed E-state index contributed by atoms with van der Waals surface area (Å²) >= 11 is 0. The average molecular weight is 642 g/mol. The van der Waals surface area contributed by atoms with Gasteiger partial charge in [0.1, 0.15) is 5.75 Å². The normalized spacial score (nSPS) is 17.2. The third-order valence-corrected chi connectivity index (χ3v) is 10.2. The highest BCUT2D eigenvalue weighted by Crippen LogP contribution is 2.49. The summed E-state index contributed by atoms with van der Waals surface area (Å²) in [5.74, 6) is 0.885. The van der Waals surface area contributed by atoms with Gasteiger partial charge in [0, 0.05) is 41.1 Å². The minimum Gasteiger partial charge on any atom is -0.497 e. The molecule has 0 aliphatic carbocycles. The summed E-state index contributed by atoms with van der Waals surface area (Å²) in [6.07, 6.45) is 15.9. The van der Waals surface area contributed by atoms with E-state index in [1.807, 2.05) is 0 Å². The Kier molecular flexibility index (Phi) is 8.69. The number of allylic oxidation sites excluding steroid dienone is 4. The highest BCUT2D eigenvalue weighted by atomic mass is 16.5. The van der Waals surface area contributed by atoms with Gasteiger partial charge in [0.2, 0.25) is 5.69 Å². The molecule has 0 bridgehead atoms. The number of fused-ring (bicyclic) bond motifs is 4. The van der Waals surface area contributed by atoms with Crippen LogP contribution in [0, 0.1) is 0 Å². The van der Waals surface area contributed by atoms with Gasteiger partial charge in [-0.05, 0) is 77.7 Å². The van der Waals surface area contributed by atoms with Crippen LogP contribution in [0.1, 0.15) is 49.9 Å². The second kappa shape index (κ2) is 13.2. The molecule has 5 aromatic rings. The van der Waals surface area contributed by atoms with E-state index in [2.05, 4.69) is 195 Å². The molecule has 2 aliphatic heterocycles. The van der Waals surface area contributed by atoms with Gasteiger partial charge in [-0.15, -0.1) is 0 Å². The molecular weight excluding hydrogens is 597 g/mol. The number of methoxy groups -OCH3 is 1. The number of hydrogen-bond acceptors (Lipinski definition) is 2. The molecule has 0 fully saturated rings. The zero-order valence-corrected chi connectivity index (χ0v) is 29.2. The van der Waals surface area contributed by atoms with Crippen LogP contribution in [0.25, 0.3) is 22.9 Å². The van der Waals surface area contributed by atoms with E-state index >= 15 is 0 Å². The van der Waals surface area contributed by atoms with E-state index in [0.29, 0.717) is 0 Å². The molecule has 0 N–H and O–H groups in total. The van der Waals surface area contributed by atoms with Gasteiger partial charge in [-0.1, -0.05) is 123 Å². The van der Waals surface area contributed by atoms with Gasteiger partial charge in [0.25, 0.3) is 0 Å². The Morgan fingerprint density at radius 2 is 1.37 bits per heavy atom. The van der Waals surface area contributed by atoms with E-state index in [0.717, 1.165) is 18.8 Å². The molecule has 3 heteroatoms. The topological polar surface area (TPSA) is 15.5 Å². The van der Waals surface area contributed by atoms with Crippen LogP contribution in [-0.2, 0) is 10.8 Å². The lowest BCUT2D eigenvalue weighted by Gasteiger charge is -2.26. The maximum Gasteiger partial charge on any atom is 0.210 e. The zero-order chi connectivity index (χ0) is 34.0. The van der Waals surface area contributed by atoms with Crippen LogP contribution >= 0.6 is 0 Å². The number of hydrogen-bond donors (Lipinski definition) is 0. The highest BCUT2D eigenvalue weighted by Gasteiger charge is 2.45. The molecule has 0 radical (unpaired) electrons. The quantitative estimate of drug-likeness (QED) is 0.149. The summed E-state index contributed by atoms with van der Waals surface area (Å²) in [5.41, 5.74) is 9.74. The zero-order valence-electron chi connectivity index (χ0n) is 29.2. The predicted octanol–water partition coefficient (Wildman–Crippen LogP) is 10.9. The second-order valence-corrected chi connectivity index (χ2v) is 14.0. The molecule has 0 aromatic heterocycles. The lowest BCUT2D eigenvalue weighted by molar-refractivity contribution is -0.425. The van der Waals surface area contributed by atoms with Crippen LogP contribution in [0.4, 0.5) is 11.4 Å². The van der Waals surface area contributed by atoms with Crippen molar-refractivity contribution < 1.29 is 9.31 Å². The van der Waals surface area contributed by atoms with Crippen LogP contribution in [-0.4, -0.2) is 30.5 Å². The third-order valence-electron chi connectivity index (χ3n) is 10.2. The van der Waals surface area contributed by atoms with Gasteiger partial charge in [-0.2, -0.15) is 4.58 Å². The third kappa shape index (κ3) is 6.06. The molecule has 2 aliphatic rings. The molecule has 0 unspecified atom stereocenters. The first-order valence-electron chi connectivity index (χ1n) is 17.2. The minimum absolute atomic E-state index is 0.189. The van der Waals surface area contributed by atoms with Crippen molar-refractivity contribution in [2.75, 3.05) is 25.1 Å². The fourth-order valence-electron chi connectivity index (χ4n) is 7.66. The summed E-state index contributed by atoms with van der Waals surface area (Å²) in [7, 11) is 1.74. The van der Waals surface area contributed by atoms with Crippen molar-refractivity contribution in [1.82, 2.24) is 0 Å². The maximum absolute atomic E-state index is 5.67. The smallest absolute Gasteiger partial charge is 0.210 e. The number of benzene rings is 5. The largest absolute Gasteiger partial charge is 0.497 e. The van der Waals surface area contributed by atoms with E-state index < -0.39 is 0 Å². The number of ether oxygens (including phenoxy) is 1. The Bertz CT molecular complexity index is 2150. The van der Waals surface area contributed by atoms with Crippen molar-refractivity contribution in [3.63, 3.8) is 0 Å². The Labute approximate surface area is 291 Å². The number of rotatable bonds is 9. The van der Waals surface area contributed by atoms with Crippen molar-refractivity contribution in [3.8, 4) is 5.75 Å². The van der Waals surface area contributed by atoms with E-state index in [1.165, 1.54) is 55.8 Å². The summed E-state index contributed by atoms with van der Waals surface area (Å²) < 4.78 is 8.16. The molecule has 244 valence electrons. The SMILES string of the molecule is COc1ccc2c(c1)C(C)(C)C(=CC=CC1=[N+](CC=Cc3ccccc3)c3ccc4ccccc4c3C1(C)C)N2CC=Cc1ccccc1. The number of nitrogens with zero attached hydrogens (tertiary/aromatic N) is 2. The molecule has 0 saturated carbocycles. The van der Waals surface area contributed by atoms with Gasteiger partial charge in [0.15, 0.2) is 12.3 Å². The van der Waals surface area contributed by atoms with Crippen LogP contribution in [0.2, 0.25) is 0 Å². The summed E-state index contributed by atoms with van der Waals surface area (Å²) in [6.45, 7) is 10.9. The Hall–Kier alpha value is -5.41. The summed E-state index contributed by atoms with van der Waals surface area (Å²) in [4.78, 5) is 2.45. The Morgan fingerprint density at radius 3 is 2.08 bits per heavy atom. The van der Waals surface area contributed by atoms with Crippen molar-refractivity contribution in [2.45, 2.75) is 38.5 Å². The van der Waals surface area contributed by atoms with Crippen LogP contribution in [0.15, 0.2) is 151 Å². The molecule has 0 spiro atoms. The second-order valence-electron chi connectivity index (χ2n) is 14.0. The highest BCUT2D eigenvalue weighted by molar-refractivity contribution is 6.07. The fourth-order valence-corrected chi connectivity index (χ4v) is 7.66. The predicted molar refractivity (Wildman–Crippen MR) is 208 cm³/mol. The number of anilines is 1. The lowest BCUT2D eigenvalue weighted by Crippen LogP contribution is -2.28. The van der Waals surface area contributed by atoms with Gasteiger partial charge < -0.3 is 9.64 Å². The Balaban J connectivity index is 1.29. The van der Waals surface area contributed by atoms with Gasteiger partial charge in [-0.25, -0.2) is 0 Å². The molecule has 2 heterocycles. The standard InChI is InChI=1S/C46H45N2O/c1-45(2)39-33-37(49-5)28-30-40(39)47(31-15-21-34-17-8-6-9-18-34)42(45)25-14-26-43-46(3,4)44-38-24-13-12-23-36(38)27-29-41(44)48(43)32-16-22-35-19-10-7-11-20-35/h6-30,33H,31-32H2,1-5H3/q+1. The maximum atomic E-state index is 5.67. The molecule has 0 saturated heterocycles. The van der Waals surface area contributed by atoms with E-state index in [9.17, 15) is 0 Å². The van der Waals surface area contributed by atoms with Gasteiger partial charge in [-0.3, -0.25) is 0 Å². The molecule has 0 atom stereocenters. The first-order chi connectivity index (χ1) is 23.8.